The van der Waals surface area contributed by atoms with Crippen LogP contribution in [0.4, 0.5) is 22.9 Å². The van der Waals surface area contributed by atoms with Crippen LogP contribution in [0.2, 0.25) is 0 Å². The van der Waals surface area contributed by atoms with Crippen molar-refractivity contribution in [1.29, 1.82) is 0 Å². The molecule has 0 unspecified atom stereocenters. The zero-order valence-electron chi connectivity index (χ0n) is 35.6. The summed E-state index contributed by atoms with van der Waals surface area (Å²) in [5.74, 6) is 1.82. The van der Waals surface area contributed by atoms with Gasteiger partial charge < -0.3 is 14.4 Å². The lowest BCUT2D eigenvalue weighted by molar-refractivity contribution is 0.588. The van der Waals surface area contributed by atoms with E-state index < -0.39 is 0 Å². The summed E-state index contributed by atoms with van der Waals surface area (Å²) in [5, 5.41) is 2.34. The Labute approximate surface area is 368 Å². The molecule has 0 N–H and O–H groups in total. The third-order valence-corrected chi connectivity index (χ3v) is 12.2. The molecule has 0 fully saturated rings. The first-order valence-corrected chi connectivity index (χ1v) is 21.6. The molecule has 5 heterocycles. The fourth-order valence-corrected chi connectivity index (χ4v) is 9.19. The van der Waals surface area contributed by atoms with Crippen molar-refractivity contribution in [2.75, 3.05) is 16.5 Å². The fourth-order valence-electron chi connectivity index (χ4n) is 9.19. The molecule has 6 heteroatoms. The summed E-state index contributed by atoms with van der Waals surface area (Å²) in [4.78, 5) is 14.7. The number of rotatable bonds is 8. The van der Waals surface area contributed by atoms with Crippen molar-refractivity contribution in [2.45, 2.75) is 26.2 Å². The molecule has 0 atom stereocenters. The van der Waals surface area contributed by atoms with Gasteiger partial charge in [0.1, 0.15) is 18.1 Å². The molecule has 10 aromatic rings. The third kappa shape index (κ3) is 6.77. The third-order valence-electron chi connectivity index (χ3n) is 12.2. The summed E-state index contributed by atoms with van der Waals surface area (Å²) < 4.78 is 4.65. The van der Waals surface area contributed by atoms with Gasteiger partial charge in [-0.1, -0.05) is 142 Å². The molecule has 0 bridgehead atoms. The second-order valence-corrected chi connectivity index (χ2v) is 17.2. The van der Waals surface area contributed by atoms with E-state index in [1.807, 2.05) is 18.5 Å². The molecule has 1 aliphatic heterocycles. The number of hydrogen-bond donors (Lipinski definition) is 0. The molecule has 0 saturated heterocycles. The van der Waals surface area contributed by atoms with Crippen molar-refractivity contribution in [3.05, 3.63) is 241 Å². The second kappa shape index (κ2) is 15.5. The Bertz CT molecular complexity index is 3240. The summed E-state index contributed by atoms with van der Waals surface area (Å²) in [6.07, 6.45) is 6.03. The number of aromatic nitrogens is 4. The van der Waals surface area contributed by atoms with Crippen molar-refractivity contribution >= 4 is 56.0 Å². The minimum atomic E-state index is -0.0585. The van der Waals surface area contributed by atoms with Crippen LogP contribution in [0, 0.1) is 0 Å². The van der Waals surface area contributed by atoms with Gasteiger partial charge in [-0.05, 0) is 117 Å². The molecule has 0 saturated carbocycles. The number of para-hydroxylation sites is 2. The van der Waals surface area contributed by atoms with Crippen molar-refractivity contribution in [2.24, 2.45) is 0 Å². The summed E-state index contributed by atoms with van der Waals surface area (Å²) in [5.41, 5.74) is 14.5. The molecular weight excluding hydrogens is 769 g/mol. The van der Waals surface area contributed by atoms with Crippen LogP contribution < -0.4 is 9.80 Å². The van der Waals surface area contributed by atoms with Crippen LogP contribution in [0.15, 0.2) is 213 Å². The SMILES string of the molecule is CC(C)(C)c1ccnc(-n2c3cc(C(=C(c4ccccc4)c4ccccc4)c4cccc(N5CN(c6ccccc6)c6cccnc65)c4)ccc3c3ccn(-c4ccccc4)c32)c1. The maximum absolute atomic E-state index is 5.10. The van der Waals surface area contributed by atoms with Crippen LogP contribution in [0.1, 0.15) is 48.6 Å². The highest BCUT2D eigenvalue weighted by Crippen LogP contribution is 2.45. The number of nitrogens with zero attached hydrogens (tertiary/aromatic N) is 6. The number of hydrogen-bond acceptors (Lipinski definition) is 4. The van der Waals surface area contributed by atoms with Crippen molar-refractivity contribution in [3.63, 3.8) is 0 Å². The fraction of sp³-hybridized carbons (Fsp3) is 0.0877. The van der Waals surface area contributed by atoms with E-state index in [9.17, 15) is 0 Å². The second-order valence-electron chi connectivity index (χ2n) is 17.2. The maximum atomic E-state index is 5.10. The van der Waals surface area contributed by atoms with E-state index >= 15 is 0 Å². The molecule has 6 aromatic carbocycles. The topological polar surface area (TPSA) is 42.1 Å². The van der Waals surface area contributed by atoms with Crippen molar-refractivity contribution in [1.82, 2.24) is 19.1 Å². The number of anilines is 4. The first-order valence-electron chi connectivity index (χ1n) is 21.6. The van der Waals surface area contributed by atoms with Gasteiger partial charge >= 0.3 is 0 Å². The van der Waals surface area contributed by atoms with E-state index in [1.165, 1.54) is 16.3 Å². The van der Waals surface area contributed by atoms with Gasteiger partial charge in [-0.15, -0.1) is 0 Å². The Kier molecular flexibility index (Phi) is 9.35. The Morgan fingerprint density at radius 3 is 1.79 bits per heavy atom. The normalized spacial score (nSPS) is 12.6. The highest BCUT2D eigenvalue weighted by Gasteiger charge is 2.30. The number of benzene rings is 6. The van der Waals surface area contributed by atoms with E-state index in [4.69, 9.17) is 9.97 Å². The molecule has 0 amide bonds. The predicted octanol–water partition coefficient (Wildman–Crippen LogP) is 13.9. The van der Waals surface area contributed by atoms with Crippen LogP contribution in [0.3, 0.4) is 0 Å². The summed E-state index contributed by atoms with van der Waals surface area (Å²) in [7, 11) is 0. The van der Waals surface area contributed by atoms with Gasteiger partial charge in [-0.2, -0.15) is 0 Å². The quantitative estimate of drug-likeness (QED) is 0.143. The number of fused-ring (bicyclic) bond motifs is 4. The van der Waals surface area contributed by atoms with E-state index in [0.717, 1.165) is 78.9 Å². The van der Waals surface area contributed by atoms with Crippen molar-refractivity contribution < 1.29 is 0 Å². The lowest BCUT2D eigenvalue weighted by Gasteiger charge is -2.23. The highest BCUT2D eigenvalue weighted by molar-refractivity contribution is 6.12. The Hall–Kier alpha value is -7.96. The lowest BCUT2D eigenvalue weighted by atomic mass is 9.85. The van der Waals surface area contributed by atoms with Gasteiger partial charge in [0.15, 0.2) is 5.82 Å². The predicted molar refractivity (Wildman–Crippen MR) is 261 cm³/mol. The van der Waals surface area contributed by atoms with Crippen LogP contribution in [-0.4, -0.2) is 25.8 Å². The average Bonchev–Trinajstić information content (AvgIpc) is 4.03. The van der Waals surface area contributed by atoms with Gasteiger partial charge in [-0.3, -0.25) is 4.57 Å². The minimum absolute atomic E-state index is 0.0585. The molecule has 11 rings (SSSR count). The first kappa shape index (κ1) is 38.0. The molecule has 304 valence electrons. The summed E-state index contributed by atoms with van der Waals surface area (Å²) >= 11 is 0. The van der Waals surface area contributed by atoms with E-state index in [0.29, 0.717) is 6.67 Å². The highest BCUT2D eigenvalue weighted by atomic mass is 15.4. The van der Waals surface area contributed by atoms with E-state index in [1.54, 1.807) is 0 Å². The summed E-state index contributed by atoms with van der Waals surface area (Å²) in [6, 6.07) is 69.6. The monoisotopic (exact) mass is 814 g/mol. The standard InChI is InChI=1S/C57H46N6/c1-57(2,3)44-31-34-58-52(38-44)63-51-37-43(29-30-48(51)49-32-35-60(56(49)63)45-23-12-6-13-24-45)54(53(40-18-8-4-9-19-40)41-20-10-5-11-21-41)42-22-16-27-47(36-42)62-39-61(46-25-14-7-15-26-46)50-28-17-33-59-55(50)62/h4-38H,39H2,1-3H3. The van der Waals surface area contributed by atoms with Crippen LogP contribution in [-0.2, 0) is 5.41 Å². The Morgan fingerprint density at radius 1 is 0.476 bits per heavy atom. The largest absolute Gasteiger partial charge is 0.320 e. The molecule has 6 nitrogen and oxygen atoms in total. The van der Waals surface area contributed by atoms with E-state index in [2.05, 4.69) is 234 Å². The van der Waals surface area contributed by atoms with Gasteiger partial charge in [0.2, 0.25) is 0 Å². The van der Waals surface area contributed by atoms with E-state index in [-0.39, 0.29) is 5.41 Å². The zero-order valence-corrected chi connectivity index (χ0v) is 35.6. The Morgan fingerprint density at radius 2 is 1.10 bits per heavy atom. The van der Waals surface area contributed by atoms with Crippen LogP contribution in [0.5, 0.6) is 0 Å². The van der Waals surface area contributed by atoms with Gasteiger partial charge in [-0.25, -0.2) is 9.97 Å². The molecule has 4 aromatic heterocycles. The minimum Gasteiger partial charge on any atom is -0.320 e. The Balaban J connectivity index is 1.18. The number of pyridine rings is 2. The molecular formula is C57H46N6. The van der Waals surface area contributed by atoms with Gasteiger partial charge in [0.25, 0.3) is 0 Å². The zero-order chi connectivity index (χ0) is 42.5. The molecule has 0 spiro atoms. The molecule has 0 aliphatic carbocycles. The molecule has 1 aliphatic rings. The average molecular weight is 815 g/mol. The summed E-state index contributed by atoms with van der Waals surface area (Å²) in [6.45, 7) is 7.42. The lowest BCUT2D eigenvalue weighted by Crippen LogP contribution is -2.24. The first-order chi connectivity index (χ1) is 30.9. The van der Waals surface area contributed by atoms with Crippen LogP contribution >= 0.6 is 0 Å². The van der Waals surface area contributed by atoms with Gasteiger partial charge in [0, 0.05) is 46.4 Å². The maximum Gasteiger partial charge on any atom is 0.158 e. The van der Waals surface area contributed by atoms with Crippen LogP contribution in [0.25, 0.3) is 44.6 Å². The molecule has 0 radical (unpaired) electrons. The molecule has 63 heavy (non-hydrogen) atoms. The van der Waals surface area contributed by atoms with Gasteiger partial charge in [0.05, 0.1) is 11.2 Å². The van der Waals surface area contributed by atoms with Crippen molar-refractivity contribution in [3.8, 4) is 11.5 Å². The smallest absolute Gasteiger partial charge is 0.158 e.